The zero-order chi connectivity index (χ0) is 19.2. The molecule has 1 aromatic carbocycles. The van der Waals surface area contributed by atoms with Crippen LogP contribution in [0.5, 0.6) is 0 Å². The summed E-state index contributed by atoms with van der Waals surface area (Å²) in [7, 11) is 0. The van der Waals surface area contributed by atoms with E-state index in [-0.39, 0.29) is 5.91 Å². The molecule has 0 spiro atoms. The lowest BCUT2D eigenvalue weighted by Gasteiger charge is -2.19. The van der Waals surface area contributed by atoms with Crippen LogP contribution < -0.4 is 15.5 Å². The van der Waals surface area contributed by atoms with Gasteiger partial charge in [-0.1, -0.05) is 6.07 Å². The summed E-state index contributed by atoms with van der Waals surface area (Å²) < 4.78 is 1.90. The number of amides is 3. The summed E-state index contributed by atoms with van der Waals surface area (Å²) in [6, 6.07) is 5.30. The van der Waals surface area contributed by atoms with E-state index < -0.39 is 11.8 Å². The van der Waals surface area contributed by atoms with E-state index in [0.717, 1.165) is 17.7 Å². The molecule has 0 aliphatic carbocycles. The lowest BCUT2D eigenvalue weighted by Crippen LogP contribution is -2.36. The van der Waals surface area contributed by atoms with Gasteiger partial charge in [0, 0.05) is 49.8 Å². The van der Waals surface area contributed by atoms with E-state index in [1.165, 1.54) is 0 Å². The Kier molecular flexibility index (Phi) is 5.85. The summed E-state index contributed by atoms with van der Waals surface area (Å²) in [4.78, 5) is 41.7. The quantitative estimate of drug-likeness (QED) is 0.595. The average molecular weight is 369 g/mol. The van der Waals surface area contributed by atoms with Gasteiger partial charge in [-0.3, -0.25) is 14.4 Å². The molecule has 1 aliphatic rings. The lowest BCUT2D eigenvalue weighted by molar-refractivity contribution is -0.136. The zero-order valence-corrected chi connectivity index (χ0v) is 15.3. The van der Waals surface area contributed by atoms with Crippen LogP contribution in [0.2, 0.25) is 0 Å². The van der Waals surface area contributed by atoms with Gasteiger partial charge < -0.3 is 20.1 Å². The van der Waals surface area contributed by atoms with Gasteiger partial charge in [0.15, 0.2) is 0 Å². The Balaban J connectivity index is 1.52. The number of nitrogens with one attached hydrogen (secondary N) is 2. The summed E-state index contributed by atoms with van der Waals surface area (Å²) in [6.45, 7) is 3.70. The van der Waals surface area contributed by atoms with E-state index in [2.05, 4.69) is 15.6 Å². The number of aryl methyl sites for hydroxylation is 2. The first-order valence-corrected chi connectivity index (χ1v) is 9.00. The molecule has 1 aliphatic heterocycles. The fraction of sp³-hybridized carbons (Fsp3) is 0.368. The number of carbonyl (C=O) groups is 3. The zero-order valence-electron chi connectivity index (χ0n) is 15.3. The molecule has 8 nitrogen and oxygen atoms in total. The molecule has 0 saturated carbocycles. The van der Waals surface area contributed by atoms with Crippen LogP contribution in [-0.2, 0) is 20.9 Å². The van der Waals surface area contributed by atoms with E-state index in [0.29, 0.717) is 38.2 Å². The summed E-state index contributed by atoms with van der Waals surface area (Å²) in [5, 5.41) is 5.20. The lowest BCUT2D eigenvalue weighted by atomic mass is 10.1. The Bertz CT molecular complexity index is 832. The smallest absolute Gasteiger partial charge is 0.313 e. The van der Waals surface area contributed by atoms with Gasteiger partial charge in [0.2, 0.25) is 5.91 Å². The van der Waals surface area contributed by atoms with Crippen LogP contribution in [0.25, 0.3) is 0 Å². The number of hydrogen-bond acceptors (Lipinski definition) is 4. The predicted octanol–water partition coefficient (Wildman–Crippen LogP) is 1.46. The SMILES string of the molecule is Cc1ccc(NC(=O)C(=O)NCCCn2ccnc2)cc1N1CCCC1=O. The highest BCUT2D eigenvalue weighted by Gasteiger charge is 2.23. The fourth-order valence-electron chi connectivity index (χ4n) is 3.03. The molecule has 0 bridgehead atoms. The van der Waals surface area contributed by atoms with Gasteiger partial charge in [0.05, 0.1) is 6.33 Å². The van der Waals surface area contributed by atoms with E-state index in [1.807, 2.05) is 23.8 Å². The van der Waals surface area contributed by atoms with Gasteiger partial charge in [-0.2, -0.15) is 0 Å². The number of anilines is 2. The first-order valence-electron chi connectivity index (χ1n) is 9.00. The van der Waals surface area contributed by atoms with Crippen molar-refractivity contribution in [3.63, 3.8) is 0 Å². The summed E-state index contributed by atoms with van der Waals surface area (Å²) in [5.41, 5.74) is 2.22. The molecule has 1 aromatic heterocycles. The van der Waals surface area contributed by atoms with Crippen molar-refractivity contribution in [2.45, 2.75) is 32.7 Å². The van der Waals surface area contributed by atoms with Crippen molar-refractivity contribution in [2.24, 2.45) is 0 Å². The number of aromatic nitrogens is 2. The molecule has 2 aromatic rings. The van der Waals surface area contributed by atoms with Crippen molar-refractivity contribution in [2.75, 3.05) is 23.3 Å². The van der Waals surface area contributed by atoms with E-state index in [9.17, 15) is 14.4 Å². The molecule has 1 saturated heterocycles. The van der Waals surface area contributed by atoms with Crippen LogP contribution in [0.3, 0.4) is 0 Å². The second-order valence-corrected chi connectivity index (χ2v) is 6.51. The Labute approximate surface area is 157 Å². The third-order valence-electron chi connectivity index (χ3n) is 4.48. The molecular formula is C19H23N5O3. The molecule has 3 amide bonds. The van der Waals surface area contributed by atoms with Crippen LogP contribution in [-0.4, -0.2) is 40.4 Å². The van der Waals surface area contributed by atoms with Crippen LogP contribution in [0, 0.1) is 6.92 Å². The van der Waals surface area contributed by atoms with Gasteiger partial charge in [0.1, 0.15) is 0 Å². The Morgan fingerprint density at radius 3 is 2.81 bits per heavy atom. The molecule has 2 N–H and O–H groups in total. The van der Waals surface area contributed by atoms with Crippen molar-refractivity contribution >= 4 is 29.1 Å². The maximum absolute atomic E-state index is 12.1. The molecule has 1 fully saturated rings. The number of benzene rings is 1. The van der Waals surface area contributed by atoms with Crippen molar-refractivity contribution in [3.8, 4) is 0 Å². The van der Waals surface area contributed by atoms with Crippen molar-refractivity contribution < 1.29 is 14.4 Å². The highest BCUT2D eigenvalue weighted by Crippen LogP contribution is 2.28. The Morgan fingerprint density at radius 2 is 2.11 bits per heavy atom. The fourth-order valence-corrected chi connectivity index (χ4v) is 3.03. The van der Waals surface area contributed by atoms with Gasteiger partial charge in [-0.25, -0.2) is 4.98 Å². The van der Waals surface area contributed by atoms with Gasteiger partial charge in [-0.05, 0) is 37.5 Å². The topological polar surface area (TPSA) is 96.3 Å². The average Bonchev–Trinajstić information content (AvgIpc) is 3.32. The minimum Gasteiger partial charge on any atom is -0.348 e. The van der Waals surface area contributed by atoms with Crippen LogP contribution in [0.15, 0.2) is 36.9 Å². The third-order valence-corrected chi connectivity index (χ3v) is 4.48. The Morgan fingerprint density at radius 1 is 1.26 bits per heavy atom. The van der Waals surface area contributed by atoms with Crippen molar-refractivity contribution in [3.05, 3.63) is 42.5 Å². The van der Waals surface area contributed by atoms with Gasteiger partial charge in [-0.15, -0.1) is 0 Å². The summed E-state index contributed by atoms with van der Waals surface area (Å²) in [5.74, 6) is -1.32. The number of rotatable bonds is 6. The molecular weight excluding hydrogens is 346 g/mol. The second kappa shape index (κ2) is 8.48. The molecule has 2 heterocycles. The number of hydrogen-bond donors (Lipinski definition) is 2. The van der Waals surface area contributed by atoms with Crippen LogP contribution >= 0.6 is 0 Å². The van der Waals surface area contributed by atoms with Gasteiger partial charge >= 0.3 is 11.8 Å². The van der Waals surface area contributed by atoms with E-state index >= 15 is 0 Å². The molecule has 0 unspecified atom stereocenters. The first-order chi connectivity index (χ1) is 13.0. The molecule has 8 heteroatoms. The third kappa shape index (κ3) is 4.72. The molecule has 0 radical (unpaired) electrons. The maximum atomic E-state index is 12.1. The van der Waals surface area contributed by atoms with Crippen LogP contribution in [0.1, 0.15) is 24.8 Å². The molecule has 142 valence electrons. The van der Waals surface area contributed by atoms with Gasteiger partial charge in [0.25, 0.3) is 0 Å². The van der Waals surface area contributed by atoms with E-state index in [4.69, 9.17) is 0 Å². The number of carbonyl (C=O) groups excluding carboxylic acids is 3. The molecule has 3 rings (SSSR count). The molecule has 27 heavy (non-hydrogen) atoms. The summed E-state index contributed by atoms with van der Waals surface area (Å²) in [6.07, 6.45) is 7.30. The van der Waals surface area contributed by atoms with E-state index in [1.54, 1.807) is 29.6 Å². The highest BCUT2D eigenvalue weighted by molar-refractivity contribution is 6.39. The van der Waals surface area contributed by atoms with Crippen molar-refractivity contribution in [1.29, 1.82) is 0 Å². The first kappa shape index (κ1) is 18.6. The standard InChI is InChI=1S/C19H23N5O3/c1-14-5-6-15(12-16(14)24-10-2-4-17(24)25)22-19(27)18(26)21-7-3-9-23-11-8-20-13-23/h5-6,8,11-13H,2-4,7,9-10H2,1H3,(H,21,26)(H,22,27). The maximum Gasteiger partial charge on any atom is 0.313 e. The van der Waals surface area contributed by atoms with Crippen molar-refractivity contribution in [1.82, 2.24) is 14.9 Å². The normalized spacial score (nSPS) is 13.7. The van der Waals surface area contributed by atoms with Crippen LogP contribution in [0.4, 0.5) is 11.4 Å². The number of imidazole rings is 1. The second-order valence-electron chi connectivity index (χ2n) is 6.51. The minimum absolute atomic E-state index is 0.0808. The Hall–Kier alpha value is -3.16. The monoisotopic (exact) mass is 369 g/mol. The largest absolute Gasteiger partial charge is 0.348 e. The predicted molar refractivity (Wildman–Crippen MR) is 101 cm³/mol. The molecule has 0 atom stereocenters. The highest BCUT2D eigenvalue weighted by atomic mass is 16.2. The number of nitrogens with zero attached hydrogens (tertiary/aromatic N) is 3. The minimum atomic E-state index is -0.722. The summed E-state index contributed by atoms with van der Waals surface area (Å²) >= 11 is 0.